The number of anilines is 2. The fraction of sp³-hybridized carbons (Fsp3) is 0.344. The highest BCUT2D eigenvalue weighted by Gasteiger charge is 2.37. The highest BCUT2D eigenvalue weighted by atomic mass is 19.2. The zero-order chi connectivity index (χ0) is 32.3. The number of benzene rings is 2. The van der Waals surface area contributed by atoms with Crippen LogP contribution in [0.25, 0.3) is 27.7 Å². The Labute approximate surface area is 256 Å². The van der Waals surface area contributed by atoms with Gasteiger partial charge in [0.2, 0.25) is 0 Å². The van der Waals surface area contributed by atoms with Crippen LogP contribution in [0, 0.1) is 30.2 Å². The number of nitrogens with one attached hydrogen (secondary N) is 1. The smallest absolute Gasteiger partial charge is 0.354 e. The predicted octanol–water partition coefficient (Wildman–Crippen LogP) is 4.95. The van der Waals surface area contributed by atoms with E-state index >= 15 is 13.2 Å². The molecule has 2 unspecified atom stereocenters. The topological polar surface area (TPSA) is 107 Å². The number of pyridine rings is 1. The van der Waals surface area contributed by atoms with E-state index in [2.05, 4.69) is 21.9 Å². The molecule has 0 saturated carbocycles. The van der Waals surface area contributed by atoms with Crippen molar-refractivity contribution in [3.8, 4) is 22.6 Å². The van der Waals surface area contributed by atoms with Gasteiger partial charge in [0.15, 0.2) is 23.3 Å². The molecule has 0 radical (unpaired) electrons. The van der Waals surface area contributed by atoms with Crippen molar-refractivity contribution in [2.75, 3.05) is 36.4 Å². The minimum Gasteiger partial charge on any atom is -0.507 e. The lowest BCUT2D eigenvalue weighted by Crippen LogP contribution is -2.57. The number of aromatic hydroxyl groups is 1. The molecule has 4 aromatic rings. The number of halogens is 4. The third kappa shape index (κ3) is 4.81. The number of piperazine rings is 1. The zero-order valence-corrected chi connectivity index (χ0v) is 24.9. The van der Waals surface area contributed by atoms with E-state index < -0.39 is 57.6 Å². The van der Waals surface area contributed by atoms with Crippen molar-refractivity contribution < 1.29 is 27.8 Å². The minimum absolute atomic E-state index is 0.00659. The number of aliphatic hydroxyl groups is 1. The molecule has 13 heteroatoms. The number of phenolic OH excluding ortho intramolecular Hbond substituents is 1. The van der Waals surface area contributed by atoms with Gasteiger partial charge in [0, 0.05) is 38.4 Å². The van der Waals surface area contributed by atoms with Crippen LogP contribution in [-0.4, -0.2) is 68.1 Å². The van der Waals surface area contributed by atoms with Crippen LogP contribution < -0.4 is 15.9 Å². The van der Waals surface area contributed by atoms with Crippen LogP contribution in [0.2, 0.25) is 0 Å². The monoisotopic (exact) mass is 624 g/mol. The van der Waals surface area contributed by atoms with Gasteiger partial charge >= 0.3 is 5.69 Å². The van der Waals surface area contributed by atoms with Crippen LogP contribution in [0.4, 0.5) is 29.1 Å². The van der Waals surface area contributed by atoms with Gasteiger partial charge in [-0.25, -0.2) is 22.4 Å². The van der Waals surface area contributed by atoms with Gasteiger partial charge < -0.3 is 20.4 Å². The van der Waals surface area contributed by atoms with Crippen LogP contribution in [0.3, 0.4) is 0 Å². The lowest BCUT2D eigenvalue weighted by atomic mass is 9.96. The Balaban J connectivity index is 1.77. The first kappa shape index (κ1) is 30.5. The van der Waals surface area contributed by atoms with E-state index in [1.807, 2.05) is 13.8 Å². The lowest BCUT2D eigenvalue weighted by Gasteiger charge is -2.44. The third-order valence-corrected chi connectivity index (χ3v) is 8.59. The van der Waals surface area contributed by atoms with Crippen molar-refractivity contribution in [3.05, 3.63) is 82.1 Å². The fourth-order valence-electron chi connectivity index (χ4n) is 6.42. The van der Waals surface area contributed by atoms with Gasteiger partial charge in [-0.1, -0.05) is 20.4 Å². The minimum atomic E-state index is -1.65. The summed E-state index contributed by atoms with van der Waals surface area (Å²) in [6.45, 7) is 10.1. The Morgan fingerprint density at radius 2 is 1.84 bits per heavy atom. The van der Waals surface area contributed by atoms with E-state index in [0.29, 0.717) is 36.8 Å². The van der Waals surface area contributed by atoms with E-state index in [1.54, 1.807) is 29.0 Å². The van der Waals surface area contributed by atoms with Gasteiger partial charge in [-0.2, -0.15) is 4.98 Å². The number of aryl methyl sites for hydroxylation is 1. The van der Waals surface area contributed by atoms with Crippen LogP contribution in [0.1, 0.15) is 37.4 Å². The Kier molecular flexibility index (Phi) is 7.77. The lowest BCUT2D eigenvalue weighted by molar-refractivity contribution is 0.0274. The third-order valence-electron chi connectivity index (χ3n) is 8.59. The van der Waals surface area contributed by atoms with Crippen LogP contribution in [0.5, 0.6) is 5.75 Å². The molecule has 2 aromatic carbocycles. The van der Waals surface area contributed by atoms with Gasteiger partial charge in [-0.15, -0.1) is 0 Å². The molecule has 2 aromatic heterocycles. The molecule has 45 heavy (non-hydrogen) atoms. The van der Waals surface area contributed by atoms with E-state index in [4.69, 9.17) is 0 Å². The summed E-state index contributed by atoms with van der Waals surface area (Å²) in [5.74, 6) is -6.84. The summed E-state index contributed by atoms with van der Waals surface area (Å²) in [6, 6.07) is 2.78. The standard InChI is InChI=1S/C32H32F4N6O3/c1-5-20(44)40-12-13-41-17(14-40)9-11-38-28-23-30(26(36)22(25(28)35)21-19(43)7-6-18(33)24(21)34)42(32(45)39-31(23)41)29-16(4)8-10-37-27(29)15(2)3/h5-8,10,15,17,20,38,43-44H,1,9,11-14H2,2-4H3. The highest BCUT2D eigenvalue weighted by molar-refractivity contribution is 6.05. The molecular weight excluding hydrogens is 592 g/mol. The first-order valence-electron chi connectivity index (χ1n) is 14.6. The molecule has 9 nitrogen and oxygen atoms in total. The molecule has 6 rings (SSSR count). The Morgan fingerprint density at radius 1 is 1.09 bits per heavy atom. The normalized spacial score (nSPS) is 17.5. The average Bonchev–Trinajstić information content (AvgIpc) is 3.00. The quantitative estimate of drug-likeness (QED) is 0.212. The molecule has 0 spiro atoms. The molecule has 0 amide bonds. The van der Waals surface area contributed by atoms with E-state index in [1.165, 1.54) is 6.08 Å². The maximum absolute atomic E-state index is 17.1. The SMILES string of the molecule is C=CC(O)N1CCN2c3nc(=O)n(-c4c(C)ccnc4C(C)C)c4c(F)c(-c5c(O)ccc(F)c5F)c(F)c(c34)NCCC2C1. The van der Waals surface area contributed by atoms with Crippen molar-refractivity contribution >= 4 is 22.4 Å². The van der Waals surface area contributed by atoms with Crippen molar-refractivity contribution in [1.29, 1.82) is 0 Å². The number of phenols is 1. The Hall–Kier alpha value is -4.49. The Morgan fingerprint density at radius 3 is 2.56 bits per heavy atom. The number of fused-ring (bicyclic) bond motifs is 2. The molecule has 0 aliphatic carbocycles. The summed E-state index contributed by atoms with van der Waals surface area (Å²) >= 11 is 0. The van der Waals surface area contributed by atoms with E-state index in [-0.39, 0.29) is 47.6 Å². The maximum Gasteiger partial charge on any atom is 0.354 e. The molecule has 2 atom stereocenters. The molecule has 2 aliphatic rings. The molecular formula is C32H32F4N6O3. The number of hydrogen-bond acceptors (Lipinski definition) is 8. The summed E-state index contributed by atoms with van der Waals surface area (Å²) < 4.78 is 64.5. The molecule has 3 N–H and O–H groups in total. The van der Waals surface area contributed by atoms with Gasteiger partial charge in [-0.3, -0.25) is 14.5 Å². The fourth-order valence-corrected chi connectivity index (χ4v) is 6.42. The molecule has 1 fully saturated rings. The number of rotatable bonds is 5. The maximum atomic E-state index is 17.1. The van der Waals surface area contributed by atoms with E-state index in [0.717, 1.165) is 10.6 Å². The van der Waals surface area contributed by atoms with Crippen molar-refractivity contribution in [3.63, 3.8) is 0 Å². The van der Waals surface area contributed by atoms with Crippen LogP contribution >= 0.6 is 0 Å². The number of hydrogen-bond donors (Lipinski definition) is 3. The molecule has 4 heterocycles. The van der Waals surface area contributed by atoms with Crippen molar-refractivity contribution in [2.24, 2.45) is 0 Å². The second-order valence-electron chi connectivity index (χ2n) is 11.6. The molecule has 236 valence electrons. The second kappa shape index (κ2) is 11.5. The first-order valence-corrected chi connectivity index (χ1v) is 14.6. The number of aliphatic hydroxyl groups excluding tert-OH is 1. The summed E-state index contributed by atoms with van der Waals surface area (Å²) in [5, 5.41) is 23.9. The molecule has 1 saturated heterocycles. The Bertz CT molecular complexity index is 1910. The summed E-state index contributed by atoms with van der Waals surface area (Å²) in [5.41, 5.74) is -2.45. The number of nitrogens with zero attached hydrogens (tertiary/aromatic N) is 5. The van der Waals surface area contributed by atoms with Crippen LogP contribution in [-0.2, 0) is 0 Å². The number of aromatic nitrogens is 3. The second-order valence-corrected chi connectivity index (χ2v) is 11.6. The average molecular weight is 625 g/mol. The predicted molar refractivity (Wildman–Crippen MR) is 163 cm³/mol. The molecule has 2 aliphatic heterocycles. The van der Waals surface area contributed by atoms with Gasteiger partial charge in [-0.05, 0) is 49.1 Å². The van der Waals surface area contributed by atoms with Gasteiger partial charge in [0.1, 0.15) is 23.3 Å². The van der Waals surface area contributed by atoms with Crippen molar-refractivity contribution in [2.45, 2.75) is 45.4 Å². The first-order chi connectivity index (χ1) is 21.5. The van der Waals surface area contributed by atoms with Crippen molar-refractivity contribution in [1.82, 2.24) is 19.4 Å². The van der Waals surface area contributed by atoms with Gasteiger partial charge in [0.05, 0.1) is 33.6 Å². The summed E-state index contributed by atoms with van der Waals surface area (Å²) in [6.07, 6.45) is 2.45. The zero-order valence-electron chi connectivity index (χ0n) is 24.9. The summed E-state index contributed by atoms with van der Waals surface area (Å²) in [4.78, 5) is 26.6. The van der Waals surface area contributed by atoms with E-state index in [9.17, 15) is 19.4 Å². The molecule has 0 bridgehead atoms. The highest BCUT2D eigenvalue weighted by Crippen LogP contribution is 2.46. The largest absolute Gasteiger partial charge is 0.507 e. The summed E-state index contributed by atoms with van der Waals surface area (Å²) in [7, 11) is 0. The van der Waals surface area contributed by atoms with Gasteiger partial charge in [0.25, 0.3) is 0 Å². The van der Waals surface area contributed by atoms with Crippen LogP contribution in [0.15, 0.2) is 41.8 Å².